The zero-order valence-corrected chi connectivity index (χ0v) is 25.1. The van der Waals surface area contributed by atoms with Gasteiger partial charge in [0.05, 0.1) is 0 Å². The molecule has 3 nitrogen and oxygen atoms in total. The Bertz CT molecular complexity index is 342. The predicted octanol–water partition coefficient (Wildman–Crippen LogP) is 9.19. The third-order valence-electron chi connectivity index (χ3n) is 7.48. The quantitative estimate of drug-likeness (QED) is 0.0722. The van der Waals surface area contributed by atoms with Crippen molar-refractivity contribution in [2.45, 2.75) is 136 Å². The summed E-state index contributed by atoms with van der Waals surface area (Å²) in [6.07, 6.45) is 28.5. The summed E-state index contributed by atoms with van der Waals surface area (Å²) in [5.41, 5.74) is 0. The molecule has 0 unspecified atom stereocenters. The van der Waals surface area contributed by atoms with Gasteiger partial charge in [-0.3, -0.25) is 0 Å². The Morgan fingerprint density at radius 3 is 0.906 bits per heavy atom. The second-order valence-electron chi connectivity index (χ2n) is 10.0. The van der Waals surface area contributed by atoms with E-state index in [-0.39, 0.29) is 0 Å². The van der Waals surface area contributed by atoms with Crippen LogP contribution in [0.1, 0.15) is 136 Å². The van der Waals surface area contributed by atoms with Crippen molar-refractivity contribution < 1.29 is 13.3 Å². The van der Waals surface area contributed by atoms with Gasteiger partial charge in [-0.25, -0.2) is 0 Å². The van der Waals surface area contributed by atoms with Crippen LogP contribution in [-0.4, -0.2) is 48.3 Å². The molecule has 0 aromatic carbocycles. The first-order valence-electron chi connectivity index (χ1n) is 14.3. The molecular weight excluding hydrogens is 431 g/mol. The molecule has 0 radical (unpaired) electrons. The van der Waals surface area contributed by atoms with Crippen molar-refractivity contribution in [2.75, 3.05) is 39.8 Å². The normalized spacial score (nSPS) is 13.1. The van der Waals surface area contributed by atoms with E-state index < -0.39 is 15.3 Å². The standard InChI is InChI=1S/C27H61O3PSi/c1-7-10-13-16-19-22-25-31(32(28-4,29-5)30-6,26-23-20-17-14-11-8-2)27-24-21-18-15-12-9-3/h31H,7-27H2,1-6H3. The molecule has 0 rings (SSSR count). The van der Waals surface area contributed by atoms with Gasteiger partial charge in [0.2, 0.25) is 0 Å². The van der Waals surface area contributed by atoms with Gasteiger partial charge in [0, 0.05) is 0 Å². The van der Waals surface area contributed by atoms with Crippen LogP contribution >= 0.6 is 6.81 Å². The molecule has 0 fully saturated rings. The van der Waals surface area contributed by atoms with Gasteiger partial charge >= 0.3 is 205 Å². The second kappa shape index (κ2) is 22.0. The fraction of sp³-hybridized carbons (Fsp3) is 1.00. The van der Waals surface area contributed by atoms with Crippen molar-refractivity contribution in [1.82, 2.24) is 0 Å². The molecule has 0 bridgehead atoms. The van der Waals surface area contributed by atoms with Crippen molar-refractivity contribution in [3.05, 3.63) is 0 Å². The molecule has 0 aromatic heterocycles. The van der Waals surface area contributed by atoms with Crippen LogP contribution in [0.3, 0.4) is 0 Å². The molecule has 0 aromatic rings. The van der Waals surface area contributed by atoms with Crippen LogP contribution in [0.4, 0.5) is 0 Å². The molecular formula is C27H61O3PSi. The SMILES string of the molecule is CCCCCCCC[PH](CCCCCCCC)(CCCCCCCC)[Si](OC)(OC)OC. The van der Waals surface area contributed by atoms with Crippen LogP contribution in [0.2, 0.25) is 0 Å². The molecule has 5 heteroatoms. The molecule has 0 aliphatic rings. The van der Waals surface area contributed by atoms with Gasteiger partial charge < -0.3 is 0 Å². The topological polar surface area (TPSA) is 27.7 Å². The molecule has 0 atom stereocenters. The van der Waals surface area contributed by atoms with Crippen LogP contribution in [-0.2, 0) is 13.3 Å². The number of hydrogen-bond acceptors (Lipinski definition) is 3. The Morgan fingerprint density at radius 2 is 0.656 bits per heavy atom. The first-order valence-corrected chi connectivity index (χ1v) is 19.6. The molecule has 0 saturated carbocycles. The molecule has 196 valence electrons. The molecule has 0 spiro atoms. The van der Waals surface area contributed by atoms with E-state index in [1.54, 1.807) is 0 Å². The molecule has 0 amide bonds. The molecule has 0 aliphatic carbocycles. The van der Waals surface area contributed by atoms with E-state index in [0.29, 0.717) is 0 Å². The summed E-state index contributed by atoms with van der Waals surface area (Å²) in [5.74, 6) is 0. The Kier molecular flexibility index (Phi) is 22.4. The fourth-order valence-corrected chi connectivity index (χ4v) is 20.0. The monoisotopic (exact) mass is 492 g/mol. The fourth-order valence-electron chi connectivity index (χ4n) is 5.46. The Hall–Kier alpha value is 0.527. The van der Waals surface area contributed by atoms with Gasteiger partial charge in [-0.05, 0) is 0 Å². The summed E-state index contributed by atoms with van der Waals surface area (Å²) in [7, 11) is 3.01. The zero-order chi connectivity index (χ0) is 24.0. The van der Waals surface area contributed by atoms with E-state index in [2.05, 4.69) is 20.8 Å². The van der Waals surface area contributed by atoms with Crippen LogP contribution in [0, 0.1) is 0 Å². The van der Waals surface area contributed by atoms with Crippen LogP contribution in [0.15, 0.2) is 0 Å². The minimum atomic E-state index is -2.58. The minimum absolute atomic E-state index is 1.32. The third-order valence-corrected chi connectivity index (χ3v) is 22.3. The maximum absolute atomic E-state index is 6.24. The Labute approximate surface area is 204 Å². The Balaban J connectivity index is 5.22. The maximum atomic E-state index is 6.24. The van der Waals surface area contributed by atoms with Crippen molar-refractivity contribution in [1.29, 1.82) is 0 Å². The summed E-state index contributed by atoms with van der Waals surface area (Å²) >= 11 is 0. The second-order valence-corrected chi connectivity index (χ2v) is 21.4. The Morgan fingerprint density at radius 1 is 0.406 bits per heavy atom. The number of unbranched alkanes of at least 4 members (excludes halogenated alkanes) is 15. The van der Waals surface area contributed by atoms with Gasteiger partial charge in [-0.1, -0.05) is 0 Å². The average Bonchev–Trinajstić information content (AvgIpc) is 2.82. The van der Waals surface area contributed by atoms with Gasteiger partial charge in [0.1, 0.15) is 0 Å². The first-order chi connectivity index (χ1) is 15.6. The van der Waals surface area contributed by atoms with Crippen molar-refractivity contribution >= 4 is 15.3 Å². The van der Waals surface area contributed by atoms with Crippen LogP contribution < -0.4 is 0 Å². The molecule has 0 aliphatic heterocycles. The van der Waals surface area contributed by atoms with Crippen molar-refractivity contribution in [2.24, 2.45) is 0 Å². The van der Waals surface area contributed by atoms with Crippen molar-refractivity contribution in [3.8, 4) is 0 Å². The van der Waals surface area contributed by atoms with E-state index in [4.69, 9.17) is 13.3 Å². The predicted molar refractivity (Wildman–Crippen MR) is 150 cm³/mol. The first kappa shape index (κ1) is 32.5. The van der Waals surface area contributed by atoms with E-state index in [9.17, 15) is 0 Å². The summed E-state index contributed by atoms with van der Waals surface area (Å²) < 4.78 is 18.7. The summed E-state index contributed by atoms with van der Waals surface area (Å²) in [4.78, 5) is 0. The zero-order valence-electron chi connectivity index (χ0n) is 23.1. The van der Waals surface area contributed by atoms with Gasteiger partial charge in [-0.15, -0.1) is 0 Å². The van der Waals surface area contributed by atoms with Crippen LogP contribution in [0.5, 0.6) is 0 Å². The van der Waals surface area contributed by atoms with E-state index >= 15 is 0 Å². The van der Waals surface area contributed by atoms with Crippen molar-refractivity contribution in [3.63, 3.8) is 0 Å². The van der Waals surface area contributed by atoms with Gasteiger partial charge in [0.25, 0.3) is 0 Å². The summed E-state index contributed by atoms with van der Waals surface area (Å²) in [6.45, 7) is 5.09. The third kappa shape index (κ3) is 12.8. The molecule has 0 heterocycles. The van der Waals surface area contributed by atoms with E-state index in [0.717, 1.165) is 0 Å². The summed E-state index contributed by atoms with van der Waals surface area (Å²) in [5, 5.41) is 0. The number of hydrogen-bond donors (Lipinski definition) is 0. The van der Waals surface area contributed by atoms with Gasteiger partial charge in [0.15, 0.2) is 0 Å². The van der Waals surface area contributed by atoms with Gasteiger partial charge in [-0.2, -0.15) is 0 Å². The van der Waals surface area contributed by atoms with E-state index in [1.807, 2.05) is 21.3 Å². The average molecular weight is 493 g/mol. The molecule has 0 saturated heterocycles. The molecule has 0 N–H and O–H groups in total. The summed E-state index contributed by atoms with van der Waals surface area (Å²) in [6, 6.07) is 0. The van der Waals surface area contributed by atoms with E-state index in [1.165, 1.54) is 134 Å². The number of rotatable bonds is 25. The van der Waals surface area contributed by atoms with Crippen LogP contribution in [0.25, 0.3) is 0 Å². The molecule has 32 heavy (non-hydrogen) atoms.